The van der Waals surface area contributed by atoms with E-state index in [0.717, 1.165) is 0 Å². The Kier molecular flexibility index (Phi) is 5.49. The van der Waals surface area contributed by atoms with Crippen molar-refractivity contribution >= 4 is 11.0 Å². The Balaban J connectivity index is 1.68. The molecule has 3 heterocycles. The first-order valence-electron chi connectivity index (χ1n) is 9.97. The third kappa shape index (κ3) is 3.69. The zero-order valence-corrected chi connectivity index (χ0v) is 17.3. The standard InChI is InChI=1S/C21H26O10/c1-8-4-10(23)15-12(28-8)6-11-9(16(15)24)5-14(21(2,3)31-11)30-20-19(27)18(26)17(25)13(7-22)29-20/h4,6,13-14,17-20,22,24-27H,5,7H2,1-3H3/t13-,14-,17-,18+,19-,20+/m0/s1. The smallest absolute Gasteiger partial charge is 0.196 e. The molecule has 0 radical (unpaired) electrons. The van der Waals surface area contributed by atoms with Gasteiger partial charge >= 0.3 is 0 Å². The minimum Gasteiger partial charge on any atom is -0.507 e. The van der Waals surface area contributed by atoms with Crippen LogP contribution in [0.25, 0.3) is 11.0 Å². The van der Waals surface area contributed by atoms with E-state index >= 15 is 0 Å². The number of hydrogen-bond acceptors (Lipinski definition) is 10. The van der Waals surface area contributed by atoms with Gasteiger partial charge in [-0.05, 0) is 20.8 Å². The Labute approximate surface area is 177 Å². The zero-order chi connectivity index (χ0) is 22.7. The molecule has 1 saturated heterocycles. The molecule has 0 unspecified atom stereocenters. The van der Waals surface area contributed by atoms with Gasteiger partial charge in [0, 0.05) is 24.1 Å². The van der Waals surface area contributed by atoms with Crippen molar-refractivity contribution in [1.82, 2.24) is 0 Å². The fraction of sp³-hybridized carbons (Fsp3) is 0.571. The van der Waals surface area contributed by atoms with Gasteiger partial charge in [-0.15, -0.1) is 0 Å². The number of aromatic hydroxyl groups is 1. The number of rotatable bonds is 3. The normalized spacial score (nSPS) is 32.5. The summed E-state index contributed by atoms with van der Waals surface area (Å²) >= 11 is 0. The molecule has 4 rings (SSSR count). The van der Waals surface area contributed by atoms with Gasteiger partial charge in [0.05, 0.1) is 6.61 Å². The van der Waals surface area contributed by atoms with E-state index in [2.05, 4.69) is 0 Å². The molecule has 0 amide bonds. The van der Waals surface area contributed by atoms with Crippen LogP contribution in [-0.2, 0) is 15.9 Å². The Bertz CT molecular complexity index is 1040. The van der Waals surface area contributed by atoms with E-state index in [9.17, 15) is 30.3 Å². The second-order valence-electron chi connectivity index (χ2n) is 8.53. The van der Waals surface area contributed by atoms with Crippen molar-refractivity contribution in [3.05, 3.63) is 33.7 Å². The van der Waals surface area contributed by atoms with Gasteiger partial charge in [-0.25, -0.2) is 0 Å². The zero-order valence-electron chi connectivity index (χ0n) is 17.3. The van der Waals surface area contributed by atoms with E-state index in [1.165, 1.54) is 6.07 Å². The summed E-state index contributed by atoms with van der Waals surface area (Å²) < 4.78 is 22.9. The maximum absolute atomic E-state index is 12.4. The third-order valence-electron chi connectivity index (χ3n) is 5.87. The van der Waals surface area contributed by atoms with Crippen LogP contribution in [0, 0.1) is 6.92 Å². The quantitative estimate of drug-likeness (QED) is 0.431. The number of phenolic OH excluding ortho intramolecular Hbond substituents is 1. The van der Waals surface area contributed by atoms with Gasteiger partial charge in [-0.3, -0.25) is 4.79 Å². The van der Waals surface area contributed by atoms with Crippen LogP contribution in [-0.4, -0.2) is 74.6 Å². The summed E-state index contributed by atoms with van der Waals surface area (Å²) in [7, 11) is 0. The molecule has 1 aromatic heterocycles. The first kappa shape index (κ1) is 22.0. The lowest BCUT2D eigenvalue weighted by atomic mass is 9.89. The number of aryl methyl sites for hydroxylation is 1. The summed E-state index contributed by atoms with van der Waals surface area (Å²) in [6, 6.07) is 2.83. The summed E-state index contributed by atoms with van der Waals surface area (Å²) in [5, 5.41) is 50.4. The summed E-state index contributed by atoms with van der Waals surface area (Å²) in [4.78, 5) is 12.4. The number of fused-ring (bicyclic) bond motifs is 2. The highest BCUT2D eigenvalue weighted by Gasteiger charge is 2.48. The molecule has 5 N–H and O–H groups in total. The number of ether oxygens (including phenoxy) is 3. The molecule has 1 fully saturated rings. The lowest BCUT2D eigenvalue weighted by Crippen LogP contribution is -2.61. The molecule has 10 nitrogen and oxygen atoms in total. The largest absolute Gasteiger partial charge is 0.507 e. The fourth-order valence-electron chi connectivity index (χ4n) is 4.06. The van der Waals surface area contributed by atoms with Gasteiger partial charge in [0.2, 0.25) is 0 Å². The fourth-order valence-corrected chi connectivity index (χ4v) is 4.06. The van der Waals surface area contributed by atoms with Crippen LogP contribution in [0.4, 0.5) is 0 Å². The maximum Gasteiger partial charge on any atom is 0.196 e. The molecule has 0 spiro atoms. The SMILES string of the molecule is Cc1cc(=O)c2c(O)c3c(cc2o1)OC(C)(C)[C@@H](O[C@H]1O[C@@H](CO)[C@H](O)[C@@H](O)[C@@H]1O)C3. The molecule has 31 heavy (non-hydrogen) atoms. The van der Waals surface area contributed by atoms with E-state index in [1.54, 1.807) is 26.8 Å². The predicted molar refractivity (Wildman–Crippen MR) is 106 cm³/mol. The highest BCUT2D eigenvalue weighted by Crippen LogP contribution is 2.43. The summed E-state index contributed by atoms with van der Waals surface area (Å²) in [6.07, 6.45) is -7.81. The molecule has 170 valence electrons. The summed E-state index contributed by atoms with van der Waals surface area (Å²) in [5.74, 6) is 0.451. The van der Waals surface area contributed by atoms with Crippen LogP contribution in [0.15, 0.2) is 21.3 Å². The van der Waals surface area contributed by atoms with Crippen molar-refractivity contribution in [3.63, 3.8) is 0 Å². The van der Waals surface area contributed by atoms with Crippen LogP contribution in [0.1, 0.15) is 25.2 Å². The van der Waals surface area contributed by atoms with E-state index in [4.69, 9.17) is 18.6 Å². The van der Waals surface area contributed by atoms with Gasteiger partial charge in [0.1, 0.15) is 64.3 Å². The highest BCUT2D eigenvalue weighted by atomic mass is 16.7. The first-order valence-corrected chi connectivity index (χ1v) is 9.97. The Morgan fingerprint density at radius 2 is 1.87 bits per heavy atom. The van der Waals surface area contributed by atoms with Crippen LogP contribution < -0.4 is 10.2 Å². The van der Waals surface area contributed by atoms with Crippen molar-refractivity contribution in [3.8, 4) is 11.5 Å². The number of aliphatic hydroxyl groups is 4. The minimum atomic E-state index is -1.58. The number of hydrogen-bond donors (Lipinski definition) is 5. The van der Waals surface area contributed by atoms with E-state index in [-0.39, 0.29) is 23.1 Å². The van der Waals surface area contributed by atoms with Crippen molar-refractivity contribution < 1.29 is 44.2 Å². The van der Waals surface area contributed by atoms with Crippen LogP contribution >= 0.6 is 0 Å². The van der Waals surface area contributed by atoms with Gasteiger partial charge in [-0.2, -0.15) is 0 Å². The minimum absolute atomic E-state index is 0.0271. The lowest BCUT2D eigenvalue weighted by Gasteiger charge is -2.45. The summed E-state index contributed by atoms with van der Waals surface area (Å²) in [6.45, 7) is 4.52. The number of benzene rings is 1. The Hall–Kier alpha value is -2.21. The molecule has 10 heteroatoms. The monoisotopic (exact) mass is 438 g/mol. The maximum atomic E-state index is 12.4. The first-order chi connectivity index (χ1) is 14.5. The Morgan fingerprint density at radius 3 is 2.55 bits per heavy atom. The number of aliphatic hydroxyl groups excluding tert-OH is 4. The van der Waals surface area contributed by atoms with Crippen molar-refractivity contribution in [2.75, 3.05) is 6.61 Å². The van der Waals surface area contributed by atoms with Crippen LogP contribution in [0.2, 0.25) is 0 Å². The molecule has 0 saturated carbocycles. The average Bonchev–Trinajstić information content (AvgIpc) is 2.68. The van der Waals surface area contributed by atoms with Crippen molar-refractivity contribution in [2.45, 2.75) is 69.6 Å². The molecular weight excluding hydrogens is 412 g/mol. The van der Waals surface area contributed by atoms with Crippen molar-refractivity contribution in [2.24, 2.45) is 0 Å². The molecule has 2 aromatic rings. The van der Waals surface area contributed by atoms with E-state index in [0.29, 0.717) is 17.1 Å². The lowest BCUT2D eigenvalue weighted by molar-refractivity contribution is -0.321. The summed E-state index contributed by atoms with van der Waals surface area (Å²) in [5.41, 5.74) is -0.825. The van der Waals surface area contributed by atoms with Gasteiger partial charge in [0.25, 0.3) is 0 Å². The highest BCUT2D eigenvalue weighted by molar-refractivity contribution is 5.87. The van der Waals surface area contributed by atoms with E-state index < -0.39 is 54.4 Å². The average molecular weight is 438 g/mol. The van der Waals surface area contributed by atoms with Gasteiger partial charge in [0.15, 0.2) is 11.7 Å². The topological polar surface area (TPSA) is 159 Å². The molecule has 1 aromatic carbocycles. The second kappa shape index (κ2) is 7.73. The molecule has 0 aliphatic carbocycles. The predicted octanol–water partition coefficient (Wildman–Crippen LogP) is -0.294. The Morgan fingerprint density at radius 1 is 1.16 bits per heavy atom. The molecule has 6 atom stereocenters. The van der Waals surface area contributed by atoms with E-state index in [1.807, 2.05) is 0 Å². The van der Waals surface area contributed by atoms with Crippen molar-refractivity contribution in [1.29, 1.82) is 0 Å². The van der Waals surface area contributed by atoms with Gasteiger partial charge < -0.3 is 44.2 Å². The molecule has 2 aliphatic rings. The molecular formula is C21H26O10. The third-order valence-corrected chi connectivity index (χ3v) is 5.87. The van der Waals surface area contributed by atoms with Crippen LogP contribution in [0.3, 0.4) is 0 Å². The molecule has 0 bridgehead atoms. The molecule has 2 aliphatic heterocycles. The van der Waals surface area contributed by atoms with Crippen LogP contribution in [0.5, 0.6) is 11.5 Å². The number of phenols is 1. The second-order valence-corrected chi connectivity index (χ2v) is 8.53. The van der Waals surface area contributed by atoms with Gasteiger partial charge in [-0.1, -0.05) is 0 Å².